The zero-order valence-electron chi connectivity index (χ0n) is 35.5. The summed E-state index contributed by atoms with van der Waals surface area (Å²) in [5, 5.41) is 24.2. The second kappa shape index (κ2) is 36.3. The van der Waals surface area contributed by atoms with Crippen LogP contribution in [0.5, 0.6) is 0 Å². The van der Waals surface area contributed by atoms with E-state index in [9.17, 15) is 24.5 Å². The van der Waals surface area contributed by atoms with Crippen molar-refractivity contribution in [1.29, 1.82) is 0 Å². The van der Waals surface area contributed by atoms with Gasteiger partial charge in [0.15, 0.2) is 0 Å². The standard InChI is InChI=1S/C45H81N2O7P/c1-6-8-10-12-14-16-18-20-21-22-24-25-27-29-31-33-35-42(48)37-38-45(50)46-43(41-54-55(51,52)53-40-39-47(3,4)5)44(49)36-34-32-30-28-26-23-19-17-15-13-11-9-7-2/h8,10,14,16,20-21,24-25,29,31,33,35,42-44,48-49H,6-7,9,11-13,15,17-19,22-23,26-28,30,32,34,36-41H2,1-5H3,(H-,46,50,51,52)/p+1/b10-8-,16-14-,21-20-,25-24-,31-29-,35-33-/t42?,43-,44+/m0/s1. The zero-order valence-corrected chi connectivity index (χ0v) is 36.4. The Kier molecular flexibility index (Phi) is 34.9. The van der Waals surface area contributed by atoms with E-state index in [-0.39, 0.29) is 32.0 Å². The van der Waals surface area contributed by atoms with Crippen LogP contribution < -0.4 is 5.32 Å². The second-order valence-electron chi connectivity index (χ2n) is 15.5. The quantitative estimate of drug-likeness (QED) is 0.0162. The molecular formula is C45H82N2O7P+. The number of phosphoric ester groups is 1. The average Bonchev–Trinajstić information content (AvgIpc) is 3.13. The highest BCUT2D eigenvalue weighted by atomic mass is 31.2. The third-order valence-corrected chi connectivity index (χ3v) is 10.1. The maximum absolute atomic E-state index is 12.9. The summed E-state index contributed by atoms with van der Waals surface area (Å²) in [6.07, 6.45) is 43.9. The summed E-state index contributed by atoms with van der Waals surface area (Å²) < 4.78 is 23.5. The highest BCUT2D eigenvalue weighted by Gasteiger charge is 2.28. The van der Waals surface area contributed by atoms with E-state index in [0.717, 1.165) is 51.4 Å². The summed E-state index contributed by atoms with van der Waals surface area (Å²) in [5.41, 5.74) is 0. The van der Waals surface area contributed by atoms with Gasteiger partial charge in [-0.15, -0.1) is 0 Å². The number of hydrogen-bond donors (Lipinski definition) is 4. The lowest BCUT2D eigenvalue weighted by atomic mass is 10.0. The van der Waals surface area contributed by atoms with Crippen LogP contribution >= 0.6 is 7.82 Å². The monoisotopic (exact) mass is 794 g/mol. The predicted molar refractivity (Wildman–Crippen MR) is 232 cm³/mol. The number of unbranched alkanes of at least 4 members (excludes halogenated alkanes) is 12. The van der Waals surface area contributed by atoms with Gasteiger partial charge >= 0.3 is 7.82 Å². The first kappa shape index (κ1) is 52.9. The first-order valence-corrected chi connectivity index (χ1v) is 22.9. The lowest BCUT2D eigenvalue weighted by Gasteiger charge is -2.26. The first-order chi connectivity index (χ1) is 26.4. The molecule has 0 aromatic carbocycles. The van der Waals surface area contributed by atoms with Gasteiger partial charge in [0, 0.05) is 6.42 Å². The fourth-order valence-electron chi connectivity index (χ4n) is 5.62. The number of likely N-dealkylation sites (N-methyl/N-ethyl adjacent to an activating group) is 1. The Bertz CT molecular complexity index is 1140. The molecule has 2 unspecified atom stereocenters. The lowest BCUT2D eigenvalue weighted by molar-refractivity contribution is -0.870. The van der Waals surface area contributed by atoms with Crippen LogP contribution in [0.25, 0.3) is 0 Å². The third-order valence-electron chi connectivity index (χ3n) is 9.09. The minimum atomic E-state index is -4.38. The highest BCUT2D eigenvalue weighted by Crippen LogP contribution is 2.43. The van der Waals surface area contributed by atoms with E-state index in [1.165, 1.54) is 64.2 Å². The second-order valence-corrected chi connectivity index (χ2v) is 17.0. The van der Waals surface area contributed by atoms with Gasteiger partial charge in [0.1, 0.15) is 13.2 Å². The topological polar surface area (TPSA) is 125 Å². The fourth-order valence-corrected chi connectivity index (χ4v) is 6.36. The molecule has 4 atom stereocenters. The summed E-state index contributed by atoms with van der Waals surface area (Å²) in [4.78, 5) is 23.1. The van der Waals surface area contributed by atoms with Gasteiger partial charge in [-0.25, -0.2) is 4.57 Å². The summed E-state index contributed by atoms with van der Waals surface area (Å²) in [6.45, 7) is 4.55. The van der Waals surface area contributed by atoms with Crippen LogP contribution in [0.4, 0.5) is 0 Å². The number of rotatable bonds is 37. The van der Waals surface area contributed by atoms with Crippen molar-refractivity contribution >= 4 is 13.7 Å². The van der Waals surface area contributed by atoms with Crippen molar-refractivity contribution < 1.29 is 38.0 Å². The SMILES string of the molecule is CC/C=C\C/C=C\C/C=C\C/C=C\C/C=C\C=C/C(O)CCC(=O)N[C@@H](COP(=O)(O)OCC[N+](C)(C)C)[C@H](O)CCCCCCCCCCCCCCC. The van der Waals surface area contributed by atoms with Gasteiger partial charge in [-0.1, -0.05) is 170 Å². The fraction of sp³-hybridized carbons (Fsp3) is 0.711. The van der Waals surface area contributed by atoms with E-state index in [0.29, 0.717) is 17.4 Å². The largest absolute Gasteiger partial charge is 0.472 e. The van der Waals surface area contributed by atoms with Gasteiger partial charge in [-0.2, -0.15) is 0 Å². The molecule has 0 fully saturated rings. The van der Waals surface area contributed by atoms with Gasteiger partial charge in [0.25, 0.3) is 0 Å². The van der Waals surface area contributed by atoms with Crippen LogP contribution in [0.15, 0.2) is 72.9 Å². The van der Waals surface area contributed by atoms with E-state index in [4.69, 9.17) is 9.05 Å². The predicted octanol–water partition coefficient (Wildman–Crippen LogP) is 10.6. The molecule has 0 heterocycles. The Hall–Kier alpha value is -2.10. The molecule has 9 nitrogen and oxygen atoms in total. The molecule has 0 rings (SSSR count). The van der Waals surface area contributed by atoms with Gasteiger partial charge in [0.05, 0.1) is 46.0 Å². The number of nitrogens with one attached hydrogen (secondary N) is 1. The van der Waals surface area contributed by atoms with Gasteiger partial charge in [0.2, 0.25) is 5.91 Å². The van der Waals surface area contributed by atoms with Crippen molar-refractivity contribution in [2.75, 3.05) is 40.9 Å². The molecule has 0 aliphatic carbocycles. The van der Waals surface area contributed by atoms with Crippen LogP contribution in [-0.2, 0) is 18.4 Å². The summed E-state index contributed by atoms with van der Waals surface area (Å²) >= 11 is 0. The van der Waals surface area contributed by atoms with Crippen molar-refractivity contribution in [1.82, 2.24) is 5.32 Å². The molecule has 55 heavy (non-hydrogen) atoms. The van der Waals surface area contributed by atoms with Crippen LogP contribution in [0.2, 0.25) is 0 Å². The number of hydrogen-bond acceptors (Lipinski definition) is 6. The van der Waals surface area contributed by atoms with Crippen LogP contribution in [0.1, 0.15) is 149 Å². The molecule has 0 spiro atoms. The molecule has 1 amide bonds. The Morgan fingerprint density at radius 1 is 0.673 bits per heavy atom. The molecule has 0 bridgehead atoms. The van der Waals surface area contributed by atoms with Crippen molar-refractivity contribution in [3.63, 3.8) is 0 Å². The maximum atomic E-state index is 12.9. The van der Waals surface area contributed by atoms with E-state index < -0.39 is 26.1 Å². The van der Waals surface area contributed by atoms with E-state index >= 15 is 0 Å². The first-order valence-electron chi connectivity index (χ1n) is 21.4. The average molecular weight is 794 g/mol. The number of quaternary nitrogens is 1. The number of allylic oxidation sites excluding steroid dienone is 11. The molecule has 0 aromatic heterocycles. The molecule has 4 N–H and O–H groups in total. The number of amides is 1. The van der Waals surface area contributed by atoms with Crippen molar-refractivity contribution in [3.8, 4) is 0 Å². The molecule has 0 aliphatic rings. The smallest absolute Gasteiger partial charge is 0.391 e. The number of carbonyl (C=O) groups excluding carboxylic acids is 1. The lowest BCUT2D eigenvalue weighted by Crippen LogP contribution is -2.46. The number of carbonyl (C=O) groups is 1. The molecule has 10 heteroatoms. The summed E-state index contributed by atoms with van der Waals surface area (Å²) in [5.74, 6) is -0.376. The minimum absolute atomic E-state index is 0.0237. The molecule has 0 aromatic rings. The Labute approximate surface area is 336 Å². The van der Waals surface area contributed by atoms with Crippen molar-refractivity contribution in [2.24, 2.45) is 0 Å². The van der Waals surface area contributed by atoms with Gasteiger partial charge in [-0.05, 0) is 44.9 Å². The molecular weight excluding hydrogens is 711 g/mol. The van der Waals surface area contributed by atoms with Crippen LogP contribution in [0, 0.1) is 0 Å². The number of aliphatic hydroxyl groups excluding tert-OH is 2. The number of nitrogens with zero attached hydrogens (tertiary/aromatic N) is 1. The summed E-state index contributed by atoms with van der Waals surface area (Å²) in [6, 6.07) is -0.888. The Balaban J connectivity index is 4.67. The zero-order chi connectivity index (χ0) is 40.9. The maximum Gasteiger partial charge on any atom is 0.472 e. The minimum Gasteiger partial charge on any atom is -0.391 e. The highest BCUT2D eigenvalue weighted by molar-refractivity contribution is 7.47. The van der Waals surface area contributed by atoms with Gasteiger partial charge < -0.3 is 24.9 Å². The van der Waals surface area contributed by atoms with Crippen molar-refractivity contribution in [2.45, 2.75) is 167 Å². The Morgan fingerprint density at radius 2 is 1.16 bits per heavy atom. The summed E-state index contributed by atoms with van der Waals surface area (Å²) in [7, 11) is 1.46. The number of phosphoric acid groups is 1. The molecule has 0 radical (unpaired) electrons. The normalized spacial score (nSPS) is 15.7. The third kappa shape index (κ3) is 38.5. The van der Waals surface area contributed by atoms with E-state index in [1.807, 2.05) is 33.3 Å². The van der Waals surface area contributed by atoms with Crippen LogP contribution in [-0.4, -0.2) is 84.6 Å². The number of aliphatic hydroxyl groups is 2. The molecule has 0 saturated carbocycles. The Morgan fingerprint density at radius 3 is 1.67 bits per heavy atom. The molecule has 0 aliphatic heterocycles. The van der Waals surface area contributed by atoms with E-state index in [2.05, 4.69) is 67.8 Å². The van der Waals surface area contributed by atoms with Crippen LogP contribution in [0.3, 0.4) is 0 Å². The molecule has 0 saturated heterocycles. The van der Waals surface area contributed by atoms with Gasteiger partial charge in [-0.3, -0.25) is 13.8 Å². The van der Waals surface area contributed by atoms with E-state index in [1.54, 1.807) is 12.2 Å². The molecule has 318 valence electrons. The van der Waals surface area contributed by atoms with Crippen molar-refractivity contribution in [3.05, 3.63) is 72.9 Å².